The molecular weight excluding hydrogens is 280 g/mol. The van der Waals surface area contributed by atoms with E-state index in [9.17, 15) is 4.79 Å². The van der Waals surface area contributed by atoms with Gasteiger partial charge >= 0.3 is 0 Å². The molecule has 1 unspecified atom stereocenters. The van der Waals surface area contributed by atoms with Crippen LogP contribution >= 0.6 is 24.2 Å². The van der Waals surface area contributed by atoms with Crippen molar-refractivity contribution in [2.75, 3.05) is 38.2 Å². The summed E-state index contributed by atoms with van der Waals surface area (Å²) in [7, 11) is 1.99. The number of nitrogens with zero attached hydrogens (tertiary/aromatic N) is 1. The molecule has 0 radical (unpaired) electrons. The lowest BCUT2D eigenvalue weighted by molar-refractivity contribution is -0.132. The summed E-state index contributed by atoms with van der Waals surface area (Å²) in [5.74, 6) is 3.21. The van der Waals surface area contributed by atoms with Crippen molar-refractivity contribution in [3.8, 4) is 0 Å². The summed E-state index contributed by atoms with van der Waals surface area (Å²) in [4.78, 5) is 14.1. The molecule has 1 aliphatic rings. The molecule has 1 amide bonds. The van der Waals surface area contributed by atoms with Gasteiger partial charge in [-0.25, -0.2) is 0 Å². The number of halogens is 1. The standard InChI is InChI=1S/C14H28N2OS.ClH/c1-3-4-9-18-10-7-14(17)16-8-5-6-13(12-16)11-15-2;/h13,15H,3-12H2,1-2H3;1H. The number of unbranched alkanes of at least 4 members (excludes halogenated alkanes) is 1. The van der Waals surface area contributed by atoms with Crippen LogP contribution in [-0.2, 0) is 4.79 Å². The van der Waals surface area contributed by atoms with E-state index in [4.69, 9.17) is 0 Å². The highest BCUT2D eigenvalue weighted by Crippen LogP contribution is 2.17. The number of hydrogen-bond donors (Lipinski definition) is 1. The van der Waals surface area contributed by atoms with Crippen molar-refractivity contribution in [3.05, 3.63) is 0 Å². The molecule has 1 N–H and O–H groups in total. The van der Waals surface area contributed by atoms with Gasteiger partial charge in [0.05, 0.1) is 0 Å². The van der Waals surface area contributed by atoms with Gasteiger partial charge < -0.3 is 10.2 Å². The molecule has 0 aliphatic carbocycles. The zero-order valence-electron chi connectivity index (χ0n) is 12.3. The third kappa shape index (κ3) is 8.05. The van der Waals surface area contributed by atoms with E-state index in [2.05, 4.69) is 17.1 Å². The van der Waals surface area contributed by atoms with Crippen LogP contribution in [0.15, 0.2) is 0 Å². The fourth-order valence-electron chi connectivity index (χ4n) is 2.41. The number of rotatable bonds is 8. The fraction of sp³-hybridized carbons (Fsp3) is 0.929. The van der Waals surface area contributed by atoms with Crippen LogP contribution in [0.5, 0.6) is 0 Å². The average molecular weight is 309 g/mol. The Hall–Kier alpha value is 0.0700. The quantitative estimate of drug-likeness (QED) is 0.700. The maximum Gasteiger partial charge on any atom is 0.223 e. The Kier molecular flexibility index (Phi) is 11.9. The van der Waals surface area contributed by atoms with E-state index < -0.39 is 0 Å². The summed E-state index contributed by atoms with van der Waals surface area (Å²) < 4.78 is 0. The second-order valence-corrected chi connectivity index (χ2v) is 6.35. The van der Waals surface area contributed by atoms with Gasteiger partial charge in [0.1, 0.15) is 0 Å². The van der Waals surface area contributed by atoms with Gasteiger partial charge in [-0.2, -0.15) is 11.8 Å². The molecule has 0 bridgehead atoms. The van der Waals surface area contributed by atoms with Gasteiger partial charge in [-0.05, 0) is 44.5 Å². The second kappa shape index (κ2) is 11.9. The number of carbonyl (C=O) groups is 1. The first-order chi connectivity index (χ1) is 8.77. The van der Waals surface area contributed by atoms with Crippen molar-refractivity contribution in [2.24, 2.45) is 5.92 Å². The number of nitrogens with one attached hydrogen (secondary N) is 1. The molecule has 0 aromatic heterocycles. The molecule has 0 saturated carbocycles. The third-order valence-corrected chi connectivity index (χ3v) is 4.54. The monoisotopic (exact) mass is 308 g/mol. The van der Waals surface area contributed by atoms with Gasteiger partial charge in [0.15, 0.2) is 0 Å². The molecule has 1 heterocycles. The predicted molar refractivity (Wildman–Crippen MR) is 87.3 cm³/mol. The van der Waals surface area contributed by atoms with E-state index >= 15 is 0 Å². The first-order valence-electron chi connectivity index (χ1n) is 7.28. The Morgan fingerprint density at radius 3 is 2.89 bits per heavy atom. The van der Waals surface area contributed by atoms with Crippen LogP contribution in [0.1, 0.15) is 39.0 Å². The van der Waals surface area contributed by atoms with E-state index in [1.54, 1.807) is 0 Å². The SMILES string of the molecule is CCCCSCCC(=O)N1CCCC(CNC)C1.Cl. The number of piperidine rings is 1. The molecule has 1 aliphatic heterocycles. The number of hydrogen-bond acceptors (Lipinski definition) is 3. The molecule has 1 atom stereocenters. The average Bonchev–Trinajstić information content (AvgIpc) is 2.39. The highest BCUT2D eigenvalue weighted by molar-refractivity contribution is 7.99. The summed E-state index contributed by atoms with van der Waals surface area (Å²) in [6, 6.07) is 0. The van der Waals surface area contributed by atoms with Crippen molar-refractivity contribution in [2.45, 2.75) is 39.0 Å². The lowest BCUT2D eigenvalue weighted by Crippen LogP contribution is -2.42. The normalized spacial score (nSPS) is 19.1. The van der Waals surface area contributed by atoms with Crippen LogP contribution in [-0.4, -0.2) is 49.0 Å². The number of carbonyl (C=O) groups excluding carboxylic acids is 1. The largest absolute Gasteiger partial charge is 0.342 e. The molecule has 3 nitrogen and oxygen atoms in total. The summed E-state index contributed by atoms with van der Waals surface area (Å²) >= 11 is 1.92. The van der Waals surface area contributed by atoms with Crippen LogP contribution in [0, 0.1) is 5.92 Å². The zero-order valence-corrected chi connectivity index (χ0v) is 14.0. The van der Waals surface area contributed by atoms with Crippen molar-refractivity contribution in [3.63, 3.8) is 0 Å². The number of thioether (sulfide) groups is 1. The molecule has 114 valence electrons. The van der Waals surface area contributed by atoms with Crippen LogP contribution in [0.25, 0.3) is 0 Å². The molecule has 0 aromatic carbocycles. The first-order valence-corrected chi connectivity index (χ1v) is 8.43. The Labute approximate surface area is 128 Å². The van der Waals surface area contributed by atoms with Gasteiger partial charge in [-0.3, -0.25) is 4.79 Å². The highest BCUT2D eigenvalue weighted by Gasteiger charge is 2.22. The Morgan fingerprint density at radius 1 is 1.42 bits per heavy atom. The third-order valence-electron chi connectivity index (χ3n) is 3.47. The number of amides is 1. The summed E-state index contributed by atoms with van der Waals surface area (Å²) in [5.41, 5.74) is 0. The van der Waals surface area contributed by atoms with Crippen LogP contribution in [0.2, 0.25) is 0 Å². The van der Waals surface area contributed by atoms with Crippen LogP contribution in [0.3, 0.4) is 0 Å². The van der Waals surface area contributed by atoms with Gasteiger partial charge in [0.2, 0.25) is 5.91 Å². The molecule has 1 fully saturated rings. The molecule has 0 aromatic rings. The second-order valence-electron chi connectivity index (χ2n) is 5.12. The lowest BCUT2D eigenvalue weighted by Gasteiger charge is -2.32. The molecule has 0 spiro atoms. The minimum Gasteiger partial charge on any atom is -0.342 e. The van der Waals surface area contributed by atoms with E-state index in [1.165, 1.54) is 31.4 Å². The molecule has 1 saturated heterocycles. The zero-order chi connectivity index (χ0) is 13.2. The van der Waals surface area contributed by atoms with Gasteiger partial charge in [0.25, 0.3) is 0 Å². The van der Waals surface area contributed by atoms with Gasteiger partial charge in [-0.1, -0.05) is 13.3 Å². The Balaban J connectivity index is 0.00000324. The van der Waals surface area contributed by atoms with Crippen molar-refractivity contribution >= 4 is 30.1 Å². The van der Waals surface area contributed by atoms with Crippen LogP contribution < -0.4 is 5.32 Å². The van der Waals surface area contributed by atoms with Gasteiger partial charge in [0, 0.05) is 25.3 Å². The Bertz CT molecular complexity index is 239. The molecule has 19 heavy (non-hydrogen) atoms. The smallest absolute Gasteiger partial charge is 0.223 e. The fourth-order valence-corrected chi connectivity index (χ4v) is 3.43. The van der Waals surface area contributed by atoms with Crippen LogP contribution in [0.4, 0.5) is 0 Å². The maximum absolute atomic E-state index is 12.1. The van der Waals surface area contributed by atoms with Crippen molar-refractivity contribution in [1.29, 1.82) is 0 Å². The lowest BCUT2D eigenvalue weighted by atomic mass is 9.98. The first kappa shape index (κ1) is 19.1. The summed E-state index contributed by atoms with van der Waals surface area (Å²) in [6.07, 6.45) is 5.67. The van der Waals surface area contributed by atoms with E-state index in [0.29, 0.717) is 11.8 Å². The van der Waals surface area contributed by atoms with Crippen molar-refractivity contribution in [1.82, 2.24) is 10.2 Å². The Morgan fingerprint density at radius 2 is 2.21 bits per heavy atom. The van der Waals surface area contributed by atoms with E-state index in [-0.39, 0.29) is 12.4 Å². The molecule has 1 rings (SSSR count). The minimum atomic E-state index is 0. The van der Waals surface area contributed by atoms with Crippen molar-refractivity contribution < 1.29 is 4.79 Å². The van der Waals surface area contributed by atoms with Gasteiger partial charge in [-0.15, -0.1) is 12.4 Å². The summed E-state index contributed by atoms with van der Waals surface area (Å²) in [5, 5.41) is 3.22. The van der Waals surface area contributed by atoms with E-state index in [1.807, 2.05) is 18.8 Å². The number of likely N-dealkylation sites (tertiary alicyclic amines) is 1. The maximum atomic E-state index is 12.1. The predicted octanol–water partition coefficient (Wildman–Crippen LogP) is 2.79. The highest BCUT2D eigenvalue weighted by atomic mass is 35.5. The minimum absolute atomic E-state index is 0. The molecule has 5 heteroatoms. The molecular formula is C14H29ClN2OS. The van der Waals surface area contributed by atoms with E-state index in [0.717, 1.165) is 31.8 Å². The topological polar surface area (TPSA) is 32.3 Å². The summed E-state index contributed by atoms with van der Waals surface area (Å²) in [6.45, 7) is 5.17.